The van der Waals surface area contributed by atoms with E-state index in [-0.39, 0.29) is 18.4 Å². The van der Waals surface area contributed by atoms with Crippen LogP contribution in [0.5, 0.6) is 11.5 Å². The fourth-order valence-electron chi connectivity index (χ4n) is 3.17. The van der Waals surface area contributed by atoms with E-state index < -0.39 is 0 Å². The van der Waals surface area contributed by atoms with Crippen LogP contribution in [0.3, 0.4) is 0 Å². The maximum absolute atomic E-state index is 12.6. The van der Waals surface area contributed by atoms with E-state index in [4.69, 9.17) is 9.47 Å². The third-order valence-corrected chi connectivity index (χ3v) is 4.33. The summed E-state index contributed by atoms with van der Waals surface area (Å²) in [5, 5.41) is 2.94. The fraction of sp³-hybridized carbons (Fsp3) is 0.300. The second-order valence-corrected chi connectivity index (χ2v) is 6.61. The van der Waals surface area contributed by atoms with Gasteiger partial charge in [0.2, 0.25) is 5.91 Å². The molecule has 1 aliphatic heterocycles. The first kappa shape index (κ1) is 16.4. The number of nitrogens with zero attached hydrogens (tertiary/aromatic N) is 2. The van der Waals surface area contributed by atoms with E-state index in [2.05, 4.69) is 24.1 Å². The molecule has 0 spiro atoms. The summed E-state index contributed by atoms with van der Waals surface area (Å²) in [4.78, 5) is 17.3. The number of benzene rings is 2. The molecule has 0 atom stereocenters. The van der Waals surface area contributed by atoms with Crippen LogP contribution in [0.25, 0.3) is 11.0 Å². The minimum Gasteiger partial charge on any atom is -0.486 e. The Bertz CT molecular complexity index is 962. The van der Waals surface area contributed by atoms with Crippen LogP contribution >= 0.6 is 0 Å². The van der Waals surface area contributed by atoms with Crippen molar-refractivity contribution in [3.05, 3.63) is 48.3 Å². The van der Waals surface area contributed by atoms with Gasteiger partial charge in [-0.25, -0.2) is 4.98 Å². The average molecular weight is 351 g/mol. The lowest BCUT2D eigenvalue weighted by molar-refractivity contribution is -0.116. The smallest absolute Gasteiger partial charge is 0.244 e. The Morgan fingerprint density at radius 2 is 1.92 bits per heavy atom. The number of anilines is 1. The van der Waals surface area contributed by atoms with Gasteiger partial charge in [-0.3, -0.25) is 4.79 Å². The monoisotopic (exact) mass is 351 g/mol. The van der Waals surface area contributed by atoms with Crippen LogP contribution in [0.15, 0.2) is 42.5 Å². The zero-order chi connectivity index (χ0) is 18.1. The van der Waals surface area contributed by atoms with Crippen molar-refractivity contribution in [2.45, 2.75) is 26.3 Å². The van der Waals surface area contributed by atoms with Gasteiger partial charge in [0, 0.05) is 17.7 Å². The predicted molar refractivity (Wildman–Crippen MR) is 99.9 cm³/mol. The van der Waals surface area contributed by atoms with Crippen molar-refractivity contribution in [2.24, 2.45) is 0 Å². The molecule has 134 valence electrons. The summed E-state index contributed by atoms with van der Waals surface area (Å²) >= 11 is 0. The number of aromatic nitrogens is 2. The van der Waals surface area contributed by atoms with Crippen LogP contribution < -0.4 is 14.8 Å². The van der Waals surface area contributed by atoms with Crippen LogP contribution in [0, 0.1) is 0 Å². The third-order valence-electron chi connectivity index (χ3n) is 4.33. The van der Waals surface area contributed by atoms with E-state index in [1.54, 1.807) is 6.07 Å². The van der Waals surface area contributed by atoms with E-state index in [9.17, 15) is 4.79 Å². The molecular formula is C20H21N3O3. The van der Waals surface area contributed by atoms with Gasteiger partial charge in [-0.2, -0.15) is 0 Å². The molecule has 26 heavy (non-hydrogen) atoms. The maximum Gasteiger partial charge on any atom is 0.244 e. The lowest BCUT2D eigenvalue weighted by atomic mass is 10.2. The Hall–Kier alpha value is -3.02. The summed E-state index contributed by atoms with van der Waals surface area (Å²) < 4.78 is 13.1. The molecule has 0 radical (unpaired) electrons. The molecule has 4 rings (SSSR count). The van der Waals surface area contributed by atoms with Crippen molar-refractivity contribution in [3.63, 3.8) is 0 Å². The number of carbonyl (C=O) groups is 1. The zero-order valence-corrected chi connectivity index (χ0v) is 14.9. The number of rotatable bonds is 4. The van der Waals surface area contributed by atoms with Gasteiger partial charge in [-0.1, -0.05) is 26.0 Å². The van der Waals surface area contributed by atoms with Crippen molar-refractivity contribution in [3.8, 4) is 11.5 Å². The second kappa shape index (κ2) is 6.71. The van der Waals surface area contributed by atoms with Crippen LogP contribution in [-0.4, -0.2) is 28.7 Å². The second-order valence-electron chi connectivity index (χ2n) is 6.61. The number of hydrogen-bond donors (Lipinski definition) is 1. The molecule has 0 saturated heterocycles. The van der Waals surface area contributed by atoms with Crippen LogP contribution in [0.1, 0.15) is 25.6 Å². The van der Waals surface area contributed by atoms with Gasteiger partial charge < -0.3 is 19.4 Å². The minimum absolute atomic E-state index is 0.105. The highest BCUT2D eigenvalue weighted by Gasteiger charge is 2.17. The Morgan fingerprint density at radius 1 is 1.15 bits per heavy atom. The van der Waals surface area contributed by atoms with Crippen molar-refractivity contribution in [1.29, 1.82) is 0 Å². The third kappa shape index (κ3) is 3.10. The number of carbonyl (C=O) groups excluding carboxylic acids is 1. The topological polar surface area (TPSA) is 65.4 Å². The molecule has 0 fully saturated rings. The van der Waals surface area contributed by atoms with Crippen molar-refractivity contribution < 1.29 is 14.3 Å². The van der Waals surface area contributed by atoms with E-state index >= 15 is 0 Å². The number of hydrogen-bond acceptors (Lipinski definition) is 4. The minimum atomic E-state index is -0.105. The quantitative estimate of drug-likeness (QED) is 0.780. The number of fused-ring (bicyclic) bond motifs is 2. The number of nitrogens with one attached hydrogen (secondary N) is 1. The molecule has 1 aromatic heterocycles. The molecule has 1 N–H and O–H groups in total. The summed E-state index contributed by atoms with van der Waals surface area (Å²) in [6, 6.07) is 13.3. The van der Waals surface area contributed by atoms with Gasteiger partial charge in [0.25, 0.3) is 0 Å². The first-order valence-electron chi connectivity index (χ1n) is 8.76. The van der Waals surface area contributed by atoms with Gasteiger partial charge in [0.05, 0.1) is 11.0 Å². The highest BCUT2D eigenvalue weighted by atomic mass is 16.6. The molecule has 1 amide bonds. The van der Waals surface area contributed by atoms with Crippen molar-refractivity contribution >= 4 is 22.6 Å². The normalized spacial score (nSPS) is 13.2. The van der Waals surface area contributed by atoms with E-state index in [1.165, 1.54) is 0 Å². The van der Waals surface area contributed by atoms with E-state index in [0.717, 1.165) is 16.9 Å². The van der Waals surface area contributed by atoms with Crippen LogP contribution in [0.4, 0.5) is 5.69 Å². The zero-order valence-electron chi connectivity index (χ0n) is 14.9. The molecule has 0 aliphatic carbocycles. The average Bonchev–Trinajstić information content (AvgIpc) is 3.00. The van der Waals surface area contributed by atoms with Crippen molar-refractivity contribution in [2.75, 3.05) is 18.5 Å². The molecule has 3 aromatic rings. The lowest BCUT2D eigenvalue weighted by Gasteiger charge is -2.19. The fourth-order valence-corrected chi connectivity index (χ4v) is 3.17. The first-order valence-corrected chi connectivity index (χ1v) is 8.76. The van der Waals surface area contributed by atoms with Gasteiger partial charge in [0.15, 0.2) is 11.5 Å². The Labute approximate surface area is 151 Å². The summed E-state index contributed by atoms with van der Waals surface area (Å²) in [5.41, 5.74) is 2.56. The molecule has 1 aliphatic rings. The molecular weight excluding hydrogens is 330 g/mol. The standard InChI is InChI=1S/C20H21N3O3/c1-13(2)20-22-15-5-3-4-6-16(15)23(20)12-19(24)21-14-7-8-17-18(11-14)26-10-9-25-17/h3-8,11,13H,9-10,12H2,1-2H3,(H,21,24). The molecule has 0 bridgehead atoms. The number of para-hydroxylation sites is 2. The van der Waals surface area contributed by atoms with Gasteiger partial charge in [-0.15, -0.1) is 0 Å². The SMILES string of the molecule is CC(C)c1nc2ccccc2n1CC(=O)Nc1ccc2c(c1)OCCO2. The number of amides is 1. The van der Waals surface area contributed by atoms with Crippen LogP contribution in [0.2, 0.25) is 0 Å². The highest BCUT2D eigenvalue weighted by Crippen LogP contribution is 2.32. The molecule has 2 aromatic carbocycles. The van der Waals surface area contributed by atoms with Gasteiger partial charge >= 0.3 is 0 Å². The maximum atomic E-state index is 12.6. The predicted octanol–water partition coefficient (Wildman–Crippen LogP) is 3.57. The van der Waals surface area contributed by atoms with E-state index in [0.29, 0.717) is 30.4 Å². The van der Waals surface area contributed by atoms with E-state index in [1.807, 2.05) is 41.0 Å². The summed E-state index contributed by atoms with van der Waals surface area (Å²) in [6.45, 7) is 5.43. The largest absolute Gasteiger partial charge is 0.486 e. The molecule has 6 heteroatoms. The molecule has 0 saturated carbocycles. The van der Waals surface area contributed by atoms with Gasteiger partial charge in [-0.05, 0) is 24.3 Å². The Morgan fingerprint density at radius 3 is 2.73 bits per heavy atom. The molecule has 0 unspecified atom stereocenters. The molecule has 2 heterocycles. The van der Waals surface area contributed by atoms with Crippen LogP contribution in [-0.2, 0) is 11.3 Å². The van der Waals surface area contributed by atoms with Gasteiger partial charge in [0.1, 0.15) is 25.6 Å². The molecule has 6 nitrogen and oxygen atoms in total. The summed E-state index contributed by atoms with van der Waals surface area (Å²) in [6.07, 6.45) is 0. The highest BCUT2D eigenvalue weighted by molar-refractivity contribution is 5.92. The lowest BCUT2D eigenvalue weighted by Crippen LogP contribution is -2.21. The number of ether oxygens (including phenoxy) is 2. The Balaban J connectivity index is 1.57. The van der Waals surface area contributed by atoms with Crippen molar-refractivity contribution in [1.82, 2.24) is 9.55 Å². The summed E-state index contributed by atoms with van der Waals surface area (Å²) in [7, 11) is 0. The Kier molecular flexibility index (Phi) is 4.24. The first-order chi connectivity index (χ1) is 12.6. The number of imidazole rings is 1. The summed E-state index contributed by atoms with van der Waals surface area (Å²) in [5.74, 6) is 2.39.